The van der Waals surface area contributed by atoms with Gasteiger partial charge in [-0.25, -0.2) is 23.2 Å². The molecule has 3 aromatic rings. The zero-order valence-corrected chi connectivity index (χ0v) is 15.9. The third-order valence-electron chi connectivity index (χ3n) is 4.85. The lowest BCUT2D eigenvalue weighted by Gasteiger charge is -2.34. The van der Waals surface area contributed by atoms with Crippen LogP contribution >= 0.6 is 0 Å². The summed E-state index contributed by atoms with van der Waals surface area (Å²) in [6.45, 7) is 5.09. The molecule has 0 bridgehead atoms. The number of hydrogen-bond acceptors (Lipinski definition) is 4. The molecule has 1 aliphatic rings. The van der Waals surface area contributed by atoms with Gasteiger partial charge in [-0.15, -0.1) is 5.10 Å². The molecule has 8 nitrogen and oxygen atoms in total. The van der Waals surface area contributed by atoms with Gasteiger partial charge in [-0.2, -0.15) is 0 Å². The number of aromatic nitrogens is 4. The van der Waals surface area contributed by atoms with Gasteiger partial charge in [0.25, 0.3) is 0 Å². The van der Waals surface area contributed by atoms with Crippen LogP contribution in [0.5, 0.6) is 0 Å². The summed E-state index contributed by atoms with van der Waals surface area (Å²) >= 11 is 0. The number of anilines is 1. The zero-order chi connectivity index (χ0) is 20.4. The van der Waals surface area contributed by atoms with Crippen molar-refractivity contribution < 1.29 is 13.6 Å². The SMILES string of the molecule is Cc1cc(NC(=O)N2CCN(Cc3ncc[nH]3)CC2)nn1-c1ccc(F)cc1F. The van der Waals surface area contributed by atoms with E-state index in [1.807, 2.05) is 0 Å². The van der Waals surface area contributed by atoms with Crippen molar-refractivity contribution in [3.63, 3.8) is 0 Å². The molecule has 10 heteroatoms. The molecule has 3 heterocycles. The Hall–Kier alpha value is -3.27. The number of nitrogens with one attached hydrogen (secondary N) is 2. The van der Waals surface area contributed by atoms with Crippen LogP contribution in [0.15, 0.2) is 36.7 Å². The predicted octanol–water partition coefficient (Wildman–Crippen LogP) is 2.53. The smallest absolute Gasteiger partial charge is 0.323 e. The van der Waals surface area contributed by atoms with Gasteiger partial charge in [0.2, 0.25) is 0 Å². The van der Waals surface area contributed by atoms with Crippen molar-refractivity contribution in [3.8, 4) is 5.69 Å². The molecule has 29 heavy (non-hydrogen) atoms. The lowest BCUT2D eigenvalue weighted by atomic mass is 10.3. The second kappa shape index (κ2) is 8.00. The second-order valence-electron chi connectivity index (χ2n) is 6.91. The van der Waals surface area contributed by atoms with Crippen molar-refractivity contribution in [2.75, 3.05) is 31.5 Å². The van der Waals surface area contributed by atoms with Gasteiger partial charge >= 0.3 is 6.03 Å². The average molecular weight is 401 g/mol. The molecule has 0 spiro atoms. The second-order valence-corrected chi connectivity index (χ2v) is 6.91. The minimum Gasteiger partial charge on any atom is -0.348 e. The Morgan fingerprint density at radius 2 is 2.00 bits per heavy atom. The number of hydrogen-bond donors (Lipinski definition) is 2. The van der Waals surface area contributed by atoms with E-state index in [9.17, 15) is 13.6 Å². The van der Waals surface area contributed by atoms with E-state index in [2.05, 4.69) is 25.3 Å². The zero-order valence-electron chi connectivity index (χ0n) is 15.9. The molecule has 0 saturated carbocycles. The molecule has 152 valence electrons. The lowest BCUT2D eigenvalue weighted by molar-refractivity contribution is 0.141. The standard InChI is InChI=1S/C19H21F2N7O/c1-13-10-17(25-28(13)16-3-2-14(20)11-15(16)21)24-19(29)27-8-6-26(7-9-27)12-18-22-4-5-23-18/h2-5,10-11H,6-9,12H2,1H3,(H,22,23)(H,24,25,29). The van der Waals surface area contributed by atoms with E-state index >= 15 is 0 Å². The number of carbonyl (C=O) groups is 1. The van der Waals surface area contributed by atoms with Crippen LogP contribution in [0.2, 0.25) is 0 Å². The van der Waals surface area contributed by atoms with Crippen LogP contribution in [0, 0.1) is 18.6 Å². The number of halogens is 2. The molecule has 0 radical (unpaired) electrons. The minimum absolute atomic E-state index is 0.121. The van der Waals surface area contributed by atoms with Crippen LogP contribution in [0.1, 0.15) is 11.5 Å². The third-order valence-corrected chi connectivity index (χ3v) is 4.85. The average Bonchev–Trinajstić information content (AvgIpc) is 3.32. The van der Waals surface area contributed by atoms with Gasteiger partial charge in [-0.3, -0.25) is 10.2 Å². The van der Waals surface area contributed by atoms with Crippen molar-refractivity contribution in [1.29, 1.82) is 0 Å². The molecule has 2 aromatic heterocycles. The van der Waals surface area contributed by atoms with E-state index in [0.29, 0.717) is 24.6 Å². The molecule has 0 atom stereocenters. The summed E-state index contributed by atoms with van der Waals surface area (Å²) in [7, 11) is 0. The summed E-state index contributed by atoms with van der Waals surface area (Å²) in [5, 5.41) is 7.00. The highest BCUT2D eigenvalue weighted by Gasteiger charge is 2.22. The molecule has 1 aliphatic heterocycles. The quantitative estimate of drug-likeness (QED) is 0.704. The number of urea groups is 1. The Labute approximate surface area is 166 Å². The summed E-state index contributed by atoms with van der Waals surface area (Å²) in [5.74, 6) is -0.163. The maximum Gasteiger partial charge on any atom is 0.323 e. The van der Waals surface area contributed by atoms with Gasteiger partial charge in [0, 0.05) is 56.4 Å². The first-order valence-electron chi connectivity index (χ1n) is 9.28. The van der Waals surface area contributed by atoms with Gasteiger partial charge in [0.1, 0.15) is 17.3 Å². The summed E-state index contributed by atoms with van der Waals surface area (Å²) < 4.78 is 28.5. The number of nitrogens with zero attached hydrogens (tertiary/aromatic N) is 5. The first-order chi connectivity index (χ1) is 14.0. The Balaban J connectivity index is 1.37. The first kappa shape index (κ1) is 19.1. The molecule has 1 aromatic carbocycles. The predicted molar refractivity (Wildman–Crippen MR) is 103 cm³/mol. The molecule has 1 saturated heterocycles. The van der Waals surface area contributed by atoms with E-state index < -0.39 is 11.6 Å². The van der Waals surface area contributed by atoms with Crippen molar-refractivity contribution >= 4 is 11.8 Å². The van der Waals surface area contributed by atoms with Crippen molar-refractivity contribution in [1.82, 2.24) is 29.5 Å². The van der Waals surface area contributed by atoms with E-state index in [1.54, 1.807) is 30.3 Å². The number of H-pyrrole nitrogens is 1. The summed E-state index contributed by atoms with van der Waals surface area (Å²) in [6.07, 6.45) is 3.51. The third kappa shape index (κ3) is 4.27. The van der Waals surface area contributed by atoms with Gasteiger partial charge in [-0.1, -0.05) is 0 Å². The van der Waals surface area contributed by atoms with Gasteiger partial charge in [-0.05, 0) is 19.1 Å². The molecular formula is C19H21F2N7O. The maximum atomic E-state index is 14.0. The Morgan fingerprint density at radius 1 is 1.21 bits per heavy atom. The number of rotatable bonds is 4. The van der Waals surface area contributed by atoms with E-state index in [4.69, 9.17) is 0 Å². The van der Waals surface area contributed by atoms with Gasteiger partial charge in [0.05, 0.1) is 6.54 Å². The van der Waals surface area contributed by atoms with E-state index in [1.165, 1.54) is 16.8 Å². The number of amides is 2. The van der Waals surface area contributed by atoms with Gasteiger partial charge < -0.3 is 9.88 Å². The van der Waals surface area contributed by atoms with Crippen molar-refractivity contribution in [2.24, 2.45) is 0 Å². The Morgan fingerprint density at radius 3 is 2.69 bits per heavy atom. The maximum absolute atomic E-state index is 14.0. The molecule has 0 unspecified atom stereocenters. The molecule has 2 amide bonds. The number of piperazine rings is 1. The number of carbonyl (C=O) groups excluding carboxylic acids is 1. The normalized spacial score (nSPS) is 14.9. The fourth-order valence-electron chi connectivity index (χ4n) is 3.33. The largest absolute Gasteiger partial charge is 0.348 e. The van der Waals surface area contributed by atoms with Crippen LogP contribution < -0.4 is 5.32 Å². The first-order valence-corrected chi connectivity index (χ1v) is 9.28. The van der Waals surface area contributed by atoms with E-state index in [-0.39, 0.29) is 11.7 Å². The lowest BCUT2D eigenvalue weighted by Crippen LogP contribution is -2.49. The fraction of sp³-hybridized carbons (Fsp3) is 0.316. The number of aryl methyl sites for hydroxylation is 1. The van der Waals surface area contributed by atoms with Crippen molar-refractivity contribution in [2.45, 2.75) is 13.5 Å². The topological polar surface area (TPSA) is 82.1 Å². The molecule has 1 fully saturated rings. The molecular weight excluding hydrogens is 380 g/mol. The fourth-order valence-corrected chi connectivity index (χ4v) is 3.33. The highest BCUT2D eigenvalue weighted by atomic mass is 19.1. The van der Waals surface area contributed by atoms with Crippen LogP contribution in [-0.4, -0.2) is 61.8 Å². The summed E-state index contributed by atoms with van der Waals surface area (Å²) in [5.41, 5.74) is 0.741. The molecule has 2 N–H and O–H groups in total. The number of imidazole rings is 1. The summed E-state index contributed by atoms with van der Waals surface area (Å²) in [6, 6.07) is 4.67. The van der Waals surface area contributed by atoms with Crippen LogP contribution in [0.25, 0.3) is 5.69 Å². The minimum atomic E-state index is -0.721. The highest BCUT2D eigenvalue weighted by molar-refractivity contribution is 5.88. The summed E-state index contributed by atoms with van der Waals surface area (Å²) in [4.78, 5) is 23.8. The van der Waals surface area contributed by atoms with Crippen LogP contribution in [0.3, 0.4) is 0 Å². The van der Waals surface area contributed by atoms with Crippen LogP contribution in [-0.2, 0) is 6.54 Å². The monoisotopic (exact) mass is 401 g/mol. The van der Waals surface area contributed by atoms with Crippen molar-refractivity contribution in [3.05, 3.63) is 59.8 Å². The highest BCUT2D eigenvalue weighted by Crippen LogP contribution is 2.19. The molecule has 4 rings (SSSR count). The van der Waals surface area contributed by atoms with Gasteiger partial charge in [0.15, 0.2) is 11.6 Å². The van der Waals surface area contributed by atoms with E-state index in [0.717, 1.165) is 31.5 Å². The van der Waals surface area contributed by atoms with Crippen LogP contribution in [0.4, 0.5) is 19.4 Å². The number of aromatic amines is 1. The molecule has 0 aliphatic carbocycles. The Kier molecular flexibility index (Phi) is 5.26. The number of benzene rings is 1. The Bertz CT molecular complexity index is 994.